The molecule has 2 rings (SSSR count). The van der Waals surface area contributed by atoms with Crippen LogP contribution in [-0.2, 0) is 16.6 Å². The van der Waals surface area contributed by atoms with Gasteiger partial charge in [-0.15, -0.1) is 0 Å². The first-order chi connectivity index (χ1) is 8.95. The highest BCUT2D eigenvalue weighted by molar-refractivity contribution is 7.92. The molecule has 3 N–H and O–H groups in total. The number of benzene rings is 1. The smallest absolute Gasteiger partial charge is 0.262 e. The molecule has 1 heterocycles. The lowest BCUT2D eigenvalue weighted by molar-refractivity contribution is 0.278. The average Bonchev–Trinajstić information content (AvgIpc) is 2.70. The van der Waals surface area contributed by atoms with Crippen LogP contribution in [0.25, 0.3) is 0 Å². The van der Waals surface area contributed by atoms with Gasteiger partial charge in [0.25, 0.3) is 10.0 Å². The maximum absolute atomic E-state index is 12.3. The maximum Gasteiger partial charge on any atom is 0.262 e. The van der Waals surface area contributed by atoms with Crippen molar-refractivity contribution in [3.63, 3.8) is 0 Å². The van der Waals surface area contributed by atoms with Crippen molar-refractivity contribution >= 4 is 15.7 Å². The van der Waals surface area contributed by atoms with Gasteiger partial charge in [-0.3, -0.25) is 9.82 Å². The molecular weight excluding hydrogens is 266 g/mol. The Hall–Kier alpha value is -1.86. The lowest BCUT2D eigenvalue weighted by atomic mass is 10.2. The number of aliphatic hydroxyl groups is 1. The minimum Gasteiger partial charge on any atom is -0.392 e. The van der Waals surface area contributed by atoms with Crippen molar-refractivity contribution < 1.29 is 13.5 Å². The number of hydrogen-bond donors (Lipinski definition) is 3. The molecule has 102 valence electrons. The van der Waals surface area contributed by atoms with E-state index in [1.54, 1.807) is 32.0 Å². The minimum atomic E-state index is -3.74. The van der Waals surface area contributed by atoms with Crippen LogP contribution in [0.2, 0.25) is 0 Å². The van der Waals surface area contributed by atoms with Crippen LogP contribution in [0.5, 0.6) is 0 Å². The standard InChI is InChI=1S/C12H15N3O3S/c1-8-12(9(2)14-13-8)15-19(17,18)11-6-4-3-5-10(11)7-16/h3-6,15-16H,7H2,1-2H3,(H,13,14). The first-order valence-corrected chi connectivity index (χ1v) is 7.17. The van der Waals surface area contributed by atoms with Gasteiger partial charge in [-0.1, -0.05) is 18.2 Å². The minimum absolute atomic E-state index is 0.0671. The number of aliphatic hydroxyl groups excluding tert-OH is 1. The van der Waals surface area contributed by atoms with Gasteiger partial charge >= 0.3 is 0 Å². The SMILES string of the molecule is Cc1n[nH]c(C)c1NS(=O)(=O)c1ccccc1CO. The predicted molar refractivity (Wildman–Crippen MR) is 71.2 cm³/mol. The second-order valence-electron chi connectivity index (χ2n) is 4.18. The number of nitrogens with one attached hydrogen (secondary N) is 2. The molecule has 0 spiro atoms. The number of rotatable bonds is 4. The van der Waals surface area contributed by atoms with Gasteiger partial charge < -0.3 is 5.11 Å². The van der Waals surface area contributed by atoms with E-state index in [4.69, 9.17) is 0 Å². The first kappa shape index (κ1) is 13.6. The van der Waals surface area contributed by atoms with E-state index in [2.05, 4.69) is 14.9 Å². The molecule has 0 aliphatic carbocycles. The summed E-state index contributed by atoms with van der Waals surface area (Å²) >= 11 is 0. The van der Waals surface area contributed by atoms with Crippen LogP contribution in [0.4, 0.5) is 5.69 Å². The largest absolute Gasteiger partial charge is 0.392 e. The van der Waals surface area contributed by atoms with Crippen LogP contribution < -0.4 is 4.72 Å². The van der Waals surface area contributed by atoms with Crippen LogP contribution in [-0.4, -0.2) is 23.7 Å². The summed E-state index contributed by atoms with van der Waals surface area (Å²) in [5.41, 5.74) is 2.01. The molecular formula is C12H15N3O3S. The van der Waals surface area contributed by atoms with Crippen molar-refractivity contribution in [3.05, 3.63) is 41.2 Å². The number of aryl methyl sites for hydroxylation is 2. The summed E-state index contributed by atoms with van der Waals surface area (Å²) in [6.07, 6.45) is 0. The number of hydrogen-bond acceptors (Lipinski definition) is 4. The molecule has 0 atom stereocenters. The van der Waals surface area contributed by atoms with Crippen molar-refractivity contribution in [1.29, 1.82) is 0 Å². The van der Waals surface area contributed by atoms with Crippen molar-refractivity contribution in [1.82, 2.24) is 10.2 Å². The summed E-state index contributed by atoms with van der Waals surface area (Å²) in [5, 5.41) is 15.9. The fourth-order valence-electron chi connectivity index (χ4n) is 1.79. The van der Waals surface area contributed by atoms with Crippen LogP contribution in [0, 0.1) is 13.8 Å². The number of aromatic nitrogens is 2. The third-order valence-electron chi connectivity index (χ3n) is 2.80. The molecule has 0 aliphatic rings. The molecule has 7 heteroatoms. The molecule has 0 radical (unpaired) electrons. The number of H-pyrrole nitrogens is 1. The van der Waals surface area contributed by atoms with E-state index in [0.717, 1.165) is 0 Å². The Balaban J connectivity index is 2.44. The summed E-state index contributed by atoms with van der Waals surface area (Å²) in [6.45, 7) is 3.11. The number of aromatic amines is 1. The Morgan fingerprint density at radius 2 is 2.00 bits per heavy atom. The fourth-order valence-corrected chi connectivity index (χ4v) is 3.20. The van der Waals surface area contributed by atoms with E-state index in [1.165, 1.54) is 6.07 Å². The second-order valence-corrected chi connectivity index (χ2v) is 5.83. The van der Waals surface area contributed by atoms with E-state index < -0.39 is 10.0 Å². The molecule has 0 aliphatic heterocycles. The van der Waals surface area contributed by atoms with Crippen LogP contribution in [0.1, 0.15) is 17.0 Å². The van der Waals surface area contributed by atoms with Crippen LogP contribution in [0.3, 0.4) is 0 Å². The Morgan fingerprint density at radius 1 is 1.32 bits per heavy atom. The molecule has 1 aromatic carbocycles. The molecule has 19 heavy (non-hydrogen) atoms. The lowest BCUT2D eigenvalue weighted by Crippen LogP contribution is -2.16. The highest BCUT2D eigenvalue weighted by Crippen LogP contribution is 2.23. The molecule has 0 saturated heterocycles. The third-order valence-corrected chi connectivity index (χ3v) is 4.25. The number of sulfonamides is 1. The molecule has 0 amide bonds. The molecule has 1 aromatic heterocycles. The monoisotopic (exact) mass is 281 g/mol. The number of nitrogens with zero attached hydrogens (tertiary/aromatic N) is 1. The Bertz CT molecular complexity index is 672. The summed E-state index contributed by atoms with van der Waals surface area (Å²) in [6, 6.07) is 6.32. The molecule has 6 nitrogen and oxygen atoms in total. The average molecular weight is 281 g/mol. The zero-order chi connectivity index (χ0) is 14.0. The molecule has 0 unspecified atom stereocenters. The van der Waals surface area contributed by atoms with E-state index in [0.29, 0.717) is 22.6 Å². The fraction of sp³-hybridized carbons (Fsp3) is 0.250. The predicted octanol–water partition coefficient (Wildman–Crippen LogP) is 1.32. The van der Waals surface area contributed by atoms with Crippen molar-refractivity contribution in [2.45, 2.75) is 25.3 Å². The quantitative estimate of drug-likeness (QED) is 0.787. The van der Waals surface area contributed by atoms with Gasteiger partial charge in [-0.25, -0.2) is 8.42 Å². The van der Waals surface area contributed by atoms with Crippen LogP contribution in [0.15, 0.2) is 29.2 Å². The van der Waals surface area contributed by atoms with Gasteiger partial charge in [0, 0.05) is 0 Å². The van der Waals surface area contributed by atoms with Gasteiger partial charge in [-0.05, 0) is 25.5 Å². The summed E-state index contributed by atoms with van der Waals surface area (Å²) in [7, 11) is -3.74. The zero-order valence-corrected chi connectivity index (χ0v) is 11.5. The summed E-state index contributed by atoms with van der Waals surface area (Å²) < 4.78 is 27.1. The van der Waals surface area contributed by atoms with Gasteiger partial charge in [0.1, 0.15) is 0 Å². The van der Waals surface area contributed by atoms with Gasteiger partial charge in [0.05, 0.1) is 28.6 Å². The van der Waals surface area contributed by atoms with E-state index in [1.807, 2.05) is 0 Å². The van der Waals surface area contributed by atoms with Gasteiger partial charge in [0.15, 0.2) is 0 Å². The molecule has 0 bridgehead atoms. The molecule has 0 fully saturated rings. The Kier molecular flexibility index (Phi) is 3.59. The topological polar surface area (TPSA) is 95.1 Å². The highest BCUT2D eigenvalue weighted by Gasteiger charge is 2.20. The summed E-state index contributed by atoms with van der Waals surface area (Å²) in [5.74, 6) is 0. The van der Waals surface area contributed by atoms with E-state index >= 15 is 0 Å². The van der Waals surface area contributed by atoms with E-state index in [-0.39, 0.29) is 11.5 Å². The van der Waals surface area contributed by atoms with Crippen molar-refractivity contribution in [2.24, 2.45) is 0 Å². The number of anilines is 1. The van der Waals surface area contributed by atoms with Crippen molar-refractivity contribution in [2.75, 3.05) is 4.72 Å². The third kappa shape index (κ3) is 2.61. The summed E-state index contributed by atoms with van der Waals surface area (Å²) in [4.78, 5) is 0.0671. The zero-order valence-electron chi connectivity index (χ0n) is 10.6. The highest BCUT2D eigenvalue weighted by atomic mass is 32.2. The molecule has 0 saturated carbocycles. The van der Waals surface area contributed by atoms with E-state index in [9.17, 15) is 13.5 Å². The van der Waals surface area contributed by atoms with Gasteiger partial charge in [0.2, 0.25) is 0 Å². The maximum atomic E-state index is 12.3. The molecule has 2 aromatic rings. The normalized spacial score (nSPS) is 11.5. The Labute approximate surface area is 111 Å². The Morgan fingerprint density at radius 3 is 2.58 bits per heavy atom. The van der Waals surface area contributed by atoms with Gasteiger partial charge in [-0.2, -0.15) is 5.10 Å². The second kappa shape index (κ2) is 5.02. The van der Waals surface area contributed by atoms with Crippen LogP contribution >= 0.6 is 0 Å². The lowest BCUT2D eigenvalue weighted by Gasteiger charge is -2.11. The van der Waals surface area contributed by atoms with Crippen molar-refractivity contribution in [3.8, 4) is 0 Å². The first-order valence-electron chi connectivity index (χ1n) is 5.69.